The molecule has 2 atom stereocenters. The zero-order chi connectivity index (χ0) is 13.5. The van der Waals surface area contributed by atoms with E-state index in [2.05, 4.69) is 36.5 Å². The third-order valence-corrected chi connectivity index (χ3v) is 3.34. The molecule has 0 spiro atoms. The van der Waals surface area contributed by atoms with E-state index in [1.165, 1.54) is 5.56 Å². The molecule has 2 aromatic carbocycles. The third kappa shape index (κ3) is 4.19. The lowest BCUT2D eigenvalue weighted by Crippen LogP contribution is -2.25. The number of aliphatic hydroxyl groups excluding tert-OH is 1. The summed E-state index contributed by atoms with van der Waals surface area (Å²) in [6.45, 7) is 3.65. The van der Waals surface area contributed by atoms with Crippen LogP contribution >= 0.6 is 0 Å². The first kappa shape index (κ1) is 13.8. The van der Waals surface area contributed by atoms with Gasteiger partial charge in [-0.05, 0) is 17.0 Å². The van der Waals surface area contributed by atoms with E-state index in [-0.39, 0.29) is 0 Å². The highest BCUT2D eigenvalue weighted by molar-refractivity contribution is 5.19. The van der Waals surface area contributed by atoms with Crippen molar-refractivity contribution >= 4 is 0 Å². The second-order valence-corrected chi connectivity index (χ2v) is 4.90. The Hall–Kier alpha value is -1.64. The van der Waals surface area contributed by atoms with Crippen LogP contribution in [0.15, 0.2) is 60.7 Å². The van der Waals surface area contributed by atoms with Gasteiger partial charge in [-0.25, -0.2) is 0 Å². The van der Waals surface area contributed by atoms with E-state index in [0.717, 1.165) is 12.1 Å². The van der Waals surface area contributed by atoms with E-state index in [4.69, 9.17) is 0 Å². The second kappa shape index (κ2) is 7.07. The summed E-state index contributed by atoms with van der Waals surface area (Å²) in [7, 11) is 0. The first-order valence-corrected chi connectivity index (χ1v) is 6.76. The maximum atomic E-state index is 10.0. The van der Waals surface area contributed by atoms with Gasteiger partial charge in [-0.2, -0.15) is 0 Å². The second-order valence-electron chi connectivity index (χ2n) is 4.90. The number of rotatable bonds is 6. The molecule has 0 bridgehead atoms. The fraction of sp³-hybridized carbons (Fsp3) is 0.294. The lowest BCUT2D eigenvalue weighted by atomic mass is 10.0. The molecule has 0 aliphatic heterocycles. The Morgan fingerprint density at radius 2 is 1.37 bits per heavy atom. The van der Waals surface area contributed by atoms with Crippen LogP contribution in [0.4, 0.5) is 0 Å². The Morgan fingerprint density at radius 3 is 1.95 bits per heavy atom. The van der Waals surface area contributed by atoms with Crippen molar-refractivity contribution in [2.45, 2.75) is 18.9 Å². The molecule has 0 amide bonds. The van der Waals surface area contributed by atoms with Crippen LogP contribution in [0.5, 0.6) is 0 Å². The van der Waals surface area contributed by atoms with Gasteiger partial charge in [0, 0.05) is 13.1 Å². The summed E-state index contributed by atoms with van der Waals surface area (Å²) < 4.78 is 0. The van der Waals surface area contributed by atoms with Gasteiger partial charge in [-0.1, -0.05) is 67.6 Å². The fourth-order valence-electron chi connectivity index (χ4n) is 2.13. The van der Waals surface area contributed by atoms with E-state index in [9.17, 15) is 5.11 Å². The Morgan fingerprint density at radius 1 is 0.842 bits per heavy atom. The van der Waals surface area contributed by atoms with Gasteiger partial charge < -0.3 is 10.4 Å². The number of aliphatic hydroxyl groups is 1. The van der Waals surface area contributed by atoms with Crippen LogP contribution in [-0.4, -0.2) is 18.2 Å². The number of hydrogen-bond donors (Lipinski definition) is 2. The molecular formula is C17H21NO. The quantitative estimate of drug-likeness (QED) is 0.831. The highest BCUT2D eigenvalue weighted by Crippen LogP contribution is 2.14. The molecule has 19 heavy (non-hydrogen) atoms. The van der Waals surface area contributed by atoms with Crippen molar-refractivity contribution in [3.05, 3.63) is 71.8 Å². The Balaban J connectivity index is 1.78. The van der Waals surface area contributed by atoms with E-state index in [0.29, 0.717) is 12.5 Å². The van der Waals surface area contributed by atoms with Crippen molar-refractivity contribution in [2.24, 2.45) is 0 Å². The van der Waals surface area contributed by atoms with Crippen LogP contribution in [0.2, 0.25) is 0 Å². The van der Waals surface area contributed by atoms with Crippen LogP contribution in [-0.2, 0) is 0 Å². The van der Waals surface area contributed by atoms with Crippen LogP contribution in [0.25, 0.3) is 0 Å². The molecule has 0 radical (unpaired) electrons. The molecule has 0 fully saturated rings. The maximum Gasteiger partial charge on any atom is 0.0914 e. The van der Waals surface area contributed by atoms with E-state index in [1.807, 2.05) is 36.4 Å². The number of nitrogens with one attached hydrogen (secondary N) is 1. The lowest BCUT2D eigenvalue weighted by molar-refractivity contribution is 0.174. The highest BCUT2D eigenvalue weighted by atomic mass is 16.3. The summed E-state index contributed by atoms with van der Waals surface area (Å²) in [5, 5.41) is 13.4. The predicted octanol–water partition coefficient (Wildman–Crippen LogP) is 3.11. The minimum absolute atomic E-state index is 0.441. The van der Waals surface area contributed by atoms with E-state index in [1.54, 1.807) is 0 Å². The minimum atomic E-state index is -0.441. The van der Waals surface area contributed by atoms with E-state index < -0.39 is 6.10 Å². The van der Waals surface area contributed by atoms with Gasteiger partial charge in [0.1, 0.15) is 0 Å². The molecule has 0 unspecified atom stereocenters. The lowest BCUT2D eigenvalue weighted by Gasteiger charge is -2.16. The van der Waals surface area contributed by atoms with Gasteiger partial charge >= 0.3 is 0 Å². The molecular weight excluding hydrogens is 234 g/mol. The SMILES string of the molecule is C[C@@H](CNC[C@H](O)c1ccccc1)c1ccccc1. The van der Waals surface area contributed by atoms with Crippen LogP contribution in [0, 0.1) is 0 Å². The molecule has 2 heteroatoms. The molecule has 2 N–H and O–H groups in total. The largest absolute Gasteiger partial charge is 0.387 e. The minimum Gasteiger partial charge on any atom is -0.387 e. The molecule has 100 valence electrons. The third-order valence-electron chi connectivity index (χ3n) is 3.34. The summed E-state index contributed by atoms with van der Waals surface area (Å²) in [6.07, 6.45) is -0.441. The standard InChI is InChI=1S/C17H21NO/c1-14(15-8-4-2-5-9-15)12-18-13-17(19)16-10-6-3-7-11-16/h2-11,14,17-19H,12-13H2,1H3/t14-,17-/m0/s1. The molecule has 2 aromatic rings. The zero-order valence-corrected chi connectivity index (χ0v) is 11.3. The van der Waals surface area contributed by atoms with Gasteiger partial charge in [0.15, 0.2) is 0 Å². The first-order chi connectivity index (χ1) is 9.27. The van der Waals surface area contributed by atoms with Crippen molar-refractivity contribution in [3.63, 3.8) is 0 Å². The van der Waals surface area contributed by atoms with Crippen LogP contribution in [0.3, 0.4) is 0 Å². The number of hydrogen-bond acceptors (Lipinski definition) is 2. The molecule has 0 saturated carbocycles. The van der Waals surface area contributed by atoms with Gasteiger partial charge in [0.25, 0.3) is 0 Å². The fourth-order valence-corrected chi connectivity index (χ4v) is 2.13. The monoisotopic (exact) mass is 255 g/mol. The Labute approximate surface area is 115 Å². The molecule has 0 heterocycles. The van der Waals surface area contributed by atoms with Gasteiger partial charge in [-0.15, -0.1) is 0 Å². The summed E-state index contributed by atoms with van der Waals surface area (Å²) in [5.74, 6) is 0.448. The summed E-state index contributed by atoms with van der Waals surface area (Å²) in [4.78, 5) is 0. The van der Waals surface area contributed by atoms with Gasteiger partial charge in [0.05, 0.1) is 6.10 Å². The van der Waals surface area contributed by atoms with Gasteiger partial charge in [-0.3, -0.25) is 0 Å². The summed E-state index contributed by atoms with van der Waals surface area (Å²) in [6, 6.07) is 20.2. The van der Waals surface area contributed by atoms with Crippen molar-refractivity contribution in [3.8, 4) is 0 Å². The van der Waals surface area contributed by atoms with Crippen molar-refractivity contribution in [1.29, 1.82) is 0 Å². The molecule has 2 nitrogen and oxygen atoms in total. The van der Waals surface area contributed by atoms with Crippen LogP contribution < -0.4 is 5.32 Å². The van der Waals surface area contributed by atoms with Crippen molar-refractivity contribution in [1.82, 2.24) is 5.32 Å². The molecule has 2 rings (SSSR count). The molecule has 0 aliphatic carbocycles. The average Bonchev–Trinajstić information content (AvgIpc) is 2.49. The maximum absolute atomic E-state index is 10.0. The smallest absolute Gasteiger partial charge is 0.0914 e. The average molecular weight is 255 g/mol. The zero-order valence-electron chi connectivity index (χ0n) is 11.3. The predicted molar refractivity (Wildman–Crippen MR) is 79.1 cm³/mol. The van der Waals surface area contributed by atoms with Gasteiger partial charge in [0.2, 0.25) is 0 Å². The molecule has 0 saturated heterocycles. The summed E-state index contributed by atoms with van der Waals surface area (Å²) >= 11 is 0. The Kier molecular flexibility index (Phi) is 5.13. The highest BCUT2D eigenvalue weighted by Gasteiger charge is 2.08. The van der Waals surface area contributed by atoms with E-state index >= 15 is 0 Å². The first-order valence-electron chi connectivity index (χ1n) is 6.76. The normalized spacial score (nSPS) is 14.0. The summed E-state index contributed by atoms with van der Waals surface area (Å²) in [5.41, 5.74) is 2.28. The molecule has 0 aliphatic rings. The number of benzene rings is 2. The molecule has 0 aromatic heterocycles. The van der Waals surface area contributed by atoms with Crippen molar-refractivity contribution in [2.75, 3.05) is 13.1 Å². The van der Waals surface area contributed by atoms with Crippen LogP contribution in [0.1, 0.15) is 30.1 Å². The topological polar surface area (TPSA) is 32.3 Å². The Bertz CT molecular complexity index is 424. The van der Waals surface area contributed by atoms with Crippen molar-refractivity contribution < 1.29 is 5.11 Å².